The Balaban J connectivity index is 1.83. The number of carbonyl (C=O) groups excluding carboxylic acids is 1. The topological polar surface area (TPSA) is 77.2 Å². The van der Waals surface area contributed by atoms with Gasteiger partial charge in [-0.15, -0.1) is 11.3 Å². The van der Waals surface area contributed by atoms with E-state index in [-0.39, 0.29) is 12.0 Å². The molecule has 0 bridgehead atoms. The second kappa shape index (κ2) is 6.98. The van der Waals surface area contributed by atoms with Crippen LogP contribution in [0.25, 0.3) is 0 Å². The number of rotatable bonds is 6. The fourth-order valence-corrected chi connectivity index (χ4v) is 3.14. The summed E-state index contributed by atoms with van der Waals surface area (Å²) in [7, 11) is 0. The molecule has 1 aliphatic heterocycles. The number of aromatic nitrogens is 1. The number of hydrogen-bond donors (Lipinski definition) is 2. The van der Waals surface area contributed by atoms with Crippen molar-refractivity contribution in [3.63, 3.8) is 0 Å². The summed E-state index contributed by atoms with van der Waals surface area (Å²) in [5.41, 5.74) is 5.97. The molecule has 106 valence electrons. The molecule has 1 fully saturated rings. The van der Waals surface area contributed by atoms with Gasteiger partial charge in [-0.05, 0) is 19.4 Å². The van der Waals surface area contributed by atoms with Gasteiger partial charge in [0.25, 0.3) is 5.91 Å². The monoisotopic (exact) mass is 283 g/mol. The maximum atomic E-state index is 12.0. The first-order valence-electron chi connectivity index (χ1n) is 6.78. The van der Waals surface area contributed by atoms with Crippen molar-refractivity contribution in [1.82, 2.24) is 10.3 Å². The molecular formula is C13H21N3O2S. The number of amides is 1. The number of nitrogens with two attached hydrogens (primary N) is 1. The molecule has 1 saturated heterocycles. The molecule has 0 saturated carbocycles. The Morgan fingerprint density at radius 1 is 1.68 bits per heavy atom. The molecule has 1 aromatic heterocycles. The largest absolute Gasteiger partial charge is 0.378 e. The first-order valence-corrected chi connectivity index (χ1v) is 7.66. The van der Waals surface area contributed by atoms with E-state index in [2.05, 4.69) is 17.2 Å². The zero-order chi connectivity index (χ0) is 13.7. The minimum absolute atomic E-state index is 0.0960. The van der Waals surface area contributed by atoms with Crippen molar-refractivity contribution in [2.45, 2.75) is 32.3 Å². The molecule has 0 aliphatic carbocycles. The number of hydrogen-bond acceptors (Lipinski definition) is 5. The van der Waals surface area contributed by atoms with E-state index in [9.17, 15) is 4.79 Å². The van der Waals surface area contributed by atoms with Crippen molar-refractivity contribution in [3.8, 4) is 0 Å². The van der Waals surface area contributed by atoms with Gasteiger partial charge in [-0.25, -0.2) is 4.98 Å². The number of nitrogens with one attached hydrogen (secondary N) is 1. The van der Waals surface area contributed by atoms with E-state index in [1.54, 1.807) is 5.38 Å². The smallest absolute Gasteiger partial charge is 0.270 e. The minimum atomic E-state index is -0.0960. The van der Waals surface area contributed by atoms with Gasteiger partial charge in [0.05, 0.1) is 11.1 Å². The molecule has 3 N–H and O–H groups in total. The second-order valence-corrected chi connectivity index (χ2v) is 5.68. The highest BCUT2D eigenvalue weighted by molar-refractivity contribution is 7.09. The molecule has 1 amide bonds. The highest BCUT2D eigenvalue weighted by Gasteiger charge is 2.27. The summed E-state index contributed by atoms with van der Waals surface area (Å²) in [6.45, 7) is 4.15. The molecule has 5 nitrogen and oxygen atoms in total. The lowest BCUT2D eigenvalue weighted by Gasteiger charge is -2.16. The van der Waals surface area contributed by atoms with Crippen LogP contribution >= 0.6 is 11.3 Å². The summed E-state index contributed by atoms with van der Waals surface area (Å²) in [5.74, 6) is 0.331. The standard InChI is InChI=1S/C13H21N3O2S/c1-2-11-9(4-6-18-11)7-15-13(17)10-8-19-12(16-10)3-5-14/h8-9,11H,2-7,14H2,1H3,(H,15,17). The van der Waals surface area contributed by atoms with E-state index >= 15 is 0 Å². The van der Waals surface area contributed by atoms with Crippen LogP contribution < -0.4 is 11.1 Å². The van der Waals surface area contributed by atoms with Crippen LogP contribution in [-0.4, -0.2) is 36.7 Å². The third kappa shape index (κ3) is 3.75. The number of thiazole rings is 1. The van der Waals surface area contributed by atoms with Gasteiger partial charge in [-0.3, -0.25) is 4.79 Å². The fourth-order valence-electron chi connectivity index (χ4n) is 2.35. The third-order valence-electron chi connectivity index (χ3n) is 3.42. The van der Waals surface area contributed by atoms with Gasteiger partial charge in [-0.2, -0.15) is 0 Å². The van der Waals surface area contributed by atoms with Crippen LogP contribution in [-0.2, 0) is 11.2 Å². The van der Waals surface area contributed by atoms with Gasteiger partial charge < -0.3 is 15.8 Å². The molecule has 2 rings (SSSR count). The normalized spacial score (nSPS) is 22.6. The molecule has 0 radical (unpaired) electrons. The first-order chi connectivity index (χ1) is 9.24. The maximum Gasteiger partial charge on any atom is 0.270 e. The van der Waals surface area contributed by atoms with Crippen LogP contribution in [0.5, 0.6) is 0 Å². The first kappa shape index (κ1) is 14.4. The van der Waals surface area contributed by atoms with Gasteiger partial charge in [0.1, 0.15) is 5.69 Å². The van der Waals surface area contributed by atoms with E-state index in [4.69, 9.17) is 10.5 Å². The van der Waals surface area contributed by atoms with Crippen molar-refractivity contribution in [2.24, 2.45) is 11.7 Å². The summed E-state index contributed by atoms with van der Waals surface area (Å²) in [6, 6.07) is 0. The molecule has 1 aromatic rings. The molecule has 0 spiro atoms. The average molecular weight is 283 g/mol. The lowest BCUT2D eigenvalue weighted by atomic mass is 10.00. The van der Waals surface area contributed by atoms with Gasteiger partial charge in [-0.1, -0.05) is 6.92 Å². The molecule has 6 heteroatoms. The predicted molar refractivity (Wildman–Crippen MR) is 75.3 cm³/mol. The van der Waals surface area contributed by atoms with Crippen LogP contribution in [0.2, 0.25) is 0 Å². The Kier molecular flexibility index (Phi) is 5.30. The zero-order valence-corrected chi connectivity index (χ0v) is 12.0. The number of ether oxygens (including phenoxy) is 1. The van der Waals surface area contributed by atoms with E-state index in [0.717, 1.165) is 30.9 Å². The molecule has 1 aliphatic rings. The van der Waals surface area contributed by atoms with Crippen LogP contribution in [0, 0.1) is 5.92 Å². The molecular weight excluding hydrogens is 262 g/mol. The van der Waals surface area contributed by atoms with E-state index in [1.165, 1.54) is 11.3 Å². The third-order valence-corrected chi connectivity index (χ3v) is 4.32. The maximum absolute atomic E-state index is 12.0. The number of carbonyl (C=O) groups is 1. The molecule has 2 unspecified atom stereocenters. The van der Waals surface area contributed by atoms with Gasteiger partial charge in [0.15, 0.2) is 0 Å². The molecule has 2 atom stereocenters. The quantitative estimate of drug-likeness (QED) is 0.822. The van der Waals surface area contributed by atoms with Crippen molar-refractivity contribution < 1.29 is 9.53 Å². The SMILES string of the molecule is CCC1OCCC1CNC(=O)c1csc(CCN)n1. The Labute approximate surface area is 117 Å². The Bertz CT molecular complexity index is 422. The highest BCUT2D eigenvalue weighted by atomic mass is 32.1. The Morgan fingerprint density at radius 3 is 3.26 bits per heavy atom. The highest BCUT2D eigenvalue weighted by Crippen LogP contribution is 2.22. The van der Waals surface area contributed by atoms with Crippen LogP contribution in [0.3, 0.4) is 0 Å². The van der Waals surface area contributed by atoms with Gasteiger partial charge in [0.2, 0.25) is 0 Å². The molecule has 0 aromatic carbocycles. The summed E-state index contributed by atoms with van der Waals surface area (Å²) in [4.78, 5) is 16.3. The summed E-state index contributed by atoms with van der Waals surface area (Å²) < 4.78 is 5.61. The summed E-state index contributed by atoms with van der Waals surface area (Å²) in [6.07, 6.45) is 3.03. The van der Waals surface area contributed by atoms with Gasteiger partial charge >= 0.3 is 0 Å². The zero-order valence-electron chi connectivity index (χ0n) is 11.2. The number of nitrogens with zero attached hydrogens (tertiary/aromatic N) is 1. The molecule has 19 heavy (non-hydrogen) atoms. The lowest BCUT2D eigenvalue weighted by Crippen LogP contribution is -2.32. The summed E-state index contributed by atoms with van der Waals surface area (Å²) in [5, 5.41) is 5.67. The van der Waals surface area contributed by atoms with Crippen molar-refractivity contribution >= 4 is 17.2 Å². The van der Waals surface area contributed by atoms with E-state index in [1.807, 2.05) is 0 Å². The van der Waals surface area contributed by atoms with E-state index in [0.29, 0.717) is 24.7 Å². The summed E-state index contributed by atoms with van der Waals surface area (Å²) >= 11 is 1.49. The average Bonchev–Trinajstić information content (AvgIpc) is 3.04. The van der Waals surface area contributed by atoms with Crippen molar-refractivity contribution in [1.29, 1.82) is 0 Å². The van der Waals surface area contributed by atoms with Crippen LogP contribution in [0.15, 0.2) is 5.38 Å². The molecule has 2 heterocycles. The van der Waals surface area contributed by atoms with Crippen LogP contribution in [0.1, 0.15) is 35.3 Å². The Morgan fingerprint density at radius 2 is 2.53 bits per heavy atom. The van der Waals surface area contributed by atoms with Crippen molar-refractivity contribution in [2.75, 3.05) is 19.7 Å². The minimum Gasteiger partial charge on any atom is -0.378 e. The Hall–Kier alpha value is -0.980. The van der Waals surface area contributed by atoms with Gasteiger partial charge in [0, 0.05) is 30.9 Å². The van der Waals surface area contributed by atoms with Crippen molar-refractivity contribution in [3.05, 3.63) is 16.1 Å². The lowest BCUT2D eigenvalue weighted by molar-refractivity contribution is 0.0825. The predicted octanol–water partition coefficient (Wildman–Crippen LogP) is 1.19. The second-order valence-electron chi connectivity index (χ2n) is 4.74. The fraction of sp³-hybridized carbons (Fsp3) is 0.692. The van der Waals surface area contributed by atoms with Crippen LogP contribution in [0.4, 0.5) is 0 Å². The van der Waals surface area contributed by atoms with E-state index < -0.39 is 0 Å².